The van der Waals surface area contributed by atoms with Gasteiger partial charge in [-0.25, -0.2) is 8.42 Å². The van der Waals surface area contributed by atoms with E-state index in [-0.39, 0.29) is 24.9 Å². The molecule has 7 heteroatoms. The molecule has 0 spiro atoms. The second kappa shape index (κ2) is 9.78. The van der Waals surface area contributed by atoms with E-state index in [0.717, 1.165) is 22.4 Å². The molecule has 0 fully saturated rings. The van der Waals surface area contributed by atoms with E-state index < -0.39 is 10.0 Å². The molecule has 6 nitrogen and oxygen atoms in total. The first kappa shape index (κ1) is 22.7. The smallest absolute Gasteiger partial charge is 0.232 e. The van der Waals surface area contributed by atoms with Gasteiger partial charge in [0.2, 0.25) is 15.9 Å². The van der Waals surface area contributed by atoms with Gasteiger partial charge in [0, 0.05) is 18.5 Å². The Labute approximate surface area is 173 Å². The Kier molecular flexibility index (Phi) is 7.67. The van der Waals surface area contributed by atoms with Crippen LogP contribution in [0.15, 0.2) is 42.5 Å². The first-order valence-corrected chi connectivity index (χ1v) is 11.5. The fraction of sp³-hybridized carbons (Fsp3) is 0.409. The third kappa shape index (κ3) is 6.22. The van der Waals surface area contributed by atoms with Crippen LogP contribution in [0.2, 0.25) is 0 Å². The molecule has 2 rings (SSSR count). The molecule has 29 heavy (non-hydrogen) atoms. The first-order chi connectivity index (χ1) is 13.6. The second-order valence-electron chi connectivity index (χ2n) is 7.26. The van der Waals surface area contributed by atoms with Crippen LogP contribution in [0, 0.1) is 13.8 Å². The molecule has 0 saturated heterocycles. The highest BCUT2D eigenvalue weighted by molar-refractivity contribution is 7.92. The SMILES string of the molecule is COc1ccccc1C(C)NC(=O)CCCN(c1cc(C)ccc1C)S(C)(=O)=O. The topological polar surface area (TPSA) is 75.7 Å². The Bertz CT molecular complexity index is 957. The number of ether oxygens (including phenoxy) is 1. The quantitative estimate of drug-likeness (QED) is 0.673. The molecule has 1 atom stereocenters. The summed E-state index contributed by atoms with van der Waals surface area (Å²) in [6, 6.07) is 13.1. The molecular weight excluding hydrogens is 388 g/mol. The van der Waals surface area contributed by atoms with E-state index in [1.807, 2.05) is 63.2 Å². The number of amides is 1. The van der Waals surface area contributed by atoms with Gasteiger partial charge in [-0.3, -0.25) is 9.10 Å². The highest BCUT2D eigenvalue weighted by atomic mass is 32.2. The Balaban J connectivity index is 2.00. The van der Waals surface area contributed by atoms with Crippen molar-refractivity contribution < 1.29 is 17.9 Å². The summed E-state index contributed by atoms with van der Waals surface area (Å²) in [5.74, 6) is 0.594. The highest BCUT2D eigenvalue weighted by Crippen LogP contribution is 2.25. The van der Waals surface area contributed by atoms with E-state index in [1.165, 1.54) is 10.6 Å². The van der Waals surface area contributed by atoms with Gasteiger partial charge in [0.25, 0.3) is 0 Å². The van der Waals surface area contributed by atoms with Crippen LogP contribution < -0.4 is 14.4 Å². The van der Waals surface area contributed by atoms with Crippen LogP contribution in [0.4, 0.5) is 5.69 Å². The third-order valence-electron chi connectivity index (χ3n) is 4.78. The lowest BCUT2D eigenvalue weighted by Gasteiger charge is -2.24. The molecule has 158 valence electrons. The van der Waals surface area contributed by atoms with E-state index >= 15 is 0 Å². The fourth-order valence-electron chi connectivity index (χ4n) is 3.25. The van der Waals surface area contributed by atoms with Crippen LogP contribution in [-0.2, 0) is 14.8 Å². The van der Waals surface area contributed by atoms with E-state index in [2.05, 4.69) is 5.32 Å². The summed E-state index contributed by atoms with van der Waals surface area (Å²) in [6.07, 6.45) is 1.85. The molecule has 0 aliphatic heterocycles. The minimum atomic E-state index is -3.45. The molecule has 1 unspecified atom stereocenters. The van der Waals surface area contributed by atoms with Gasteiger partial charge < -0.3 is 10.1 Å². The van der Waals surface area contributed by atoms with Crippen LogP contribution in [0.3, 0.4) is 0 Å². The van der Waals surface area contributed by atoms with E-state index in [9.17, 15) is 13.2 Å². The van der Waals surface area contributed by atoms with Gasteiger partial charge >= 0.3 is 0 Å². The number of sulfonamides is 1. The summed E-state index contributed by atoms with van der Waals surface area (Å²) >= 11 is 0. The van der Waals surface area contributed by atoms with Crippen molar-refractivity contribution in [1.82, 2.24) is 5.32 Å². The molecule has 0 aromatic heterocycles. The lowest BCUT2D eigenvalue weighted by molar-refractivity contribution is -0.121. The zero-order valence-corrected chi connectivity index (χ0v) is 18.5. The number of nitrogens with one attached hydrogen (secondary N) is 1. The molecule has 0 aliphatic carbocycles. The van der Waals surface area contributed by atoms with Crippen LogP contribution in [0.1, 0.15) is 42.5 Å². The molecular formula is C22H30N2O4S. The maximum absolute atomic E-state index is 12.4. The number of methoxy groups -OCH3 is 1. The Morgan fingerprint density at radius 2 is 1.86 bits per heavy atom. The predicted octanol–water partition coefficient (Wildman–Crippen LogP) is 3.74. The van der Waals surface area contributed by atoms with Crippen molar-refractivity contribution in [3.05, 3.63) is 59.2 Å². The molecule has 2 aromatic rings. The van der Waals surface area contributed by atoms with E-state index in [1.54, 1.807) is 7.11 Å². The van der Waals surface area contributed by atoms with Crippen molar-refractivity contribution in [2.24, 2.45) is 0 Å². The molecule has 0 bridgehead atoms. The largest absolute Gasteiger partial charge is 0.496 e. The number of benzene rings is 2. The van der Waals surface area contributed by atoms with Gasteiger partial charge in [-0.05, 0) is 50.5 Å². The van der Waals surface area contributed by atoms with Crippen molar-refractivity contribution in [3.63, 3.8) is 0 Å². The fourth-order valence-corrected chi connectivity index (χ4v) is 4.27. The number of aryl methyl sites for hydroxylation is 2. The van der Waals surface area contributed by atoms with Gasteiger partial charge in [0.15, 0.2) is 0 Å². The number of rotatable bonds is 9. The molecule has 2 aromatic carbocycles. The molecule has 1 amide bonds. The highest BCUT2D eigenvalue weighted by Gasteiger charge is 2.20. The lowest BCUT2D eigenvalue weighted by atomic mass is 10.1. The summed E-state index contributed by atoms with van der Waals surface area (Å²) in [6.45, 7) is 5.96. The van der Waals surface area contributed by atoms with Crippen LogP contribution >= 0.6 is 0 Å². The second-order valence-corrected chi connectivity index (χ2v) is 9.17. The molecule has 0 aliphatic rings. The predicted molar refractivity (Wildman–Crippen MR) is 117 cm³/mol. The van der Waals surface area contributed by atoms with Crippen LogP contribution in [-0.4, -0.2) is 34.2 Å². The van der Waals surface area contributed by atoms with E-state index in [0.29, 0.717) is 12.1 Å². The van der Waals surface area contributed by atoms with Crippen LogP contribution in [0.25, 0.3) is 0 Å². The average Bonchev–Trinajstić information content (AvgIpc) is 2.66. The van der Waals surface area contributed by atoms with E-state index in [4.69, 9.17) is 4.74 Å². The minimum Gasteiger partial charge on any atom is -0.496 e. The summed E-state index contributed by atoms with van der Waals surface area (Å²) in [4.78, 5) is 12.4. The number of para-hydroxylation sites is 1. The van der Waals surface area contributed by atoms with Crippen molar-refractivity contribution in [2.45, 2.75) is 39.7 Å². The molecule has 1 N–H and O–H groups in total. The molecule has 0 heterocycles. The summed E-state index contributed by atoms with van der Waals surface area (Å²) < 4.78 is 31.4. The van der Waals surface area contributed by atoms with Gasteiger partial charge in [-0.15, -0.1) is 0 Å². The number of hydrogen-bond donors (Lipinski definition) is 1. The number of nitrogens with zero attached hydrogens (tertiary/aromatic N) is 1. The van der Waals surface area contributed by atoms with Gasteiger partial charge in [0.1, 0.15) is 5.75 Å². The van der Waals surface area contributed by atoms with Gasteiger partial charge in [-0.2, -0.15) is 0 Å². The standard InChI is InChI=1S/C22H30N2O4S/c1-16-12-13-17(2)20(15-16)24(29(5,26)27)14-8-11-22(25)23-18(3)19-9-6-7-10-21(19)28-4/h6-7,9-10,12-13,15,18H,8,11,14H2,1-5H3,(H,23,25). The molecule has 0 radical (unpaired) electrons. The number of carbonyl (C=O) groups is 1. The minimum absolute atomic E-state index is 0.127. The monoisotopic (exact) mass is 418 g/mol. The Morgan fingerprint density at radius 1 is 1.17 bits per heavy atom. The summed E-state index contributed by atoms with van der Waals surface area (Å²) in [7, 11) is -1.85. The normalized spacial score (nSPS) is 12.3. The molecule has 0 saturated carbocycles. The zero-order chi connectivity index (χ0) is 21.6. The van der Waals surface area contributed by atoms with Crippen molar-refractivity contribution in [3.8, 4) is 5.75 Å². The maximum Gasteiger partial charge on any atom is 0.232 e. The lowest BCUT2D eigenvalue weighted by Crippen LogP contribution is -2.33. The maximum atomic E-state index is 12.4. The van der Waals surface area contributed by atoms with Gasteiger partial charge in [-0.1, -0.05) is 30.3 Å². The first-order valence-electron chi connectivity index (χ1n) is 9.60. The number of anilines is 1. The van der Waals surface area contributed by atoms with Crippen molar-refractivity contribution in [2.75, 3.05) is 24.2 Å². The third-order valence-corrected chi connectivity index (χ3v) is 5.96. The number of carbonyl (C=O) groups excluding carboxylic acids is 1. The average molecular weight is 419 g/mol. The summed E-state index contributed by atoms with van der Waals surface area (Å²) in [5, 5.41) is 2.96. The van der Waals surface area contributed by atoms with Crippen LogP contribution in [0.5, 0.6) is 5.75 Å². The van der Waals surface area contributed by atoms with Crippen molar-refractivity contribution in [1.29, 1.82) is 0 Å². The Hall–Kier alpha value is -2.54. The zero-order valence-electron chi connectivity index (χ0n) is 17.7. The number of hydrogen-bond acceptors (Lipinski definition) is 4. The van der Waals surface area contributed by atoms with Gasteiger partial charge in [0.05, 0.1) is 25.1 Å². The summed E-state index contributed by atoms with van der Waals surface area (Å²) in [5.41, 5.74) is 3.43. The Morgan fingerprint density at radius 3 is 2.52 bits per heavy atom. The van der Waals surface area contributed by atoms with Crippen molar-refractivity contribution >= 4 is 21.6 Å².